The second-order valence-electron chi connectivity index (χ2n) is 30.9. The molecule has 2 aromatic rings. The number of anilines is 1. The van der Waals surface area contributed by atoms with Gasteiger partial charge >= 0.3 is 12.2 Å². The number of aromatic nitrogens is 3. The third-order valence-electron chi connectivity index (χ3n) is 21.8. The minimum Gasteiger partial charge on any atom is -0.448 e. The third-order valence-corrected chi connectivity index (χ3v) is 24.4. The van der Waals surface area contributed by atoms with Crippen LogP contribution < -0.4 is 15.5 Å². The Labute approximate surface area is 682 Å². The predicted molar refractivity (Wildman–Crippen MR) is 421 cm³/mol. The number of hydrogen-bond acceptors (Lipinski definition) is 30. The molecule has 644 valence electrons. The van der Waals surface area contributed by atoms with Gasteiger partial charge in [0.2, 0.25) is 5.91 Å². The second kappa shape index (κ2) is 46.8. The van der Waals surface area contributed by atoms with Crippen molar-refractivity contribution in [2.45, 2.75) is 233 Å². The molecule has 8 aliphatic heterocycles. The molecule has 0 aliphatic carbocycles. The summed E-state index contributed by atoms with van der Waals surface area (Å²) in [5.41, 5.74) is 3.47. The SMILES string of the molecule is C=C1C[C@H](CC[C@]23C[C@@H](OC)[C@H](O2)[C@H]2C[C@@H](O3)C3OC(CC(=O)CC4[C@H](C[C@H]5OCC[C@@H](C)C5=N)O[C@H](C[C@H](O)CNC(=O)OCc5ccc(N(CCOCCOCCOCCn6cc(COCCOCCOCCOCCNC(=O)CCN7C(=O)C=CC7=O)nn6)C(=O)OCC(C)(C)SSC)cc5)[C@@H]4OC)CC[C@@H]3O2)OC1CC. The van der Waals surface area contributed by atoms with Gasteiger partial charge in [-0.1, -0.05) is 59.4 Å². The van der Waals surface area contributed by atoms with Gasteiger partial charge in [0, 0.05) is 121 Å². The lowest BCUT2D eigenvalue weighted by Crippen LogP contribution is -2.58. The number of rotatable bonds is 52. The number of hydrogen-bond donors (Lipinski definition) is 4. The van der Waals surface area contributed by atoms with E-state index >= 15 is 0 Å². The summed E-state index contributed by atoms with van der Waals surface area (Å²) in [6.45, 7) is 18.4. The van der Waals surface area contributed by atoms with Crippen molar-refractivity contribution in [3.8, 4) is 0 Å². The van der Waals surface area contributed by atoms with Crippen LogP contribution in [0.2, 0.25) is 0 Å². The summed E-state index contributed by atoms with van der Waals surface area (Å²) < 4.78 is 111. The third kappa shape index (κ3) is 28.2. The van der Waals surface area contributed by atoms with Crippen LogP contribution in [0.4, 0.5) is 15.3 Å². The van der Waals surface area contributed by atoms with Crippen LogP contribution >= 0.6 is 21.6 Å². The number of benzene rings is 1. The minimum absolute atomic E-state index is 0.0183. The summed E-state index contributed by atoms with van der Waals surface area (Å²) in [5, 5.41) is 34.1. The van der Waals surface area contributed by atoms with Crippen molar-refractivity contribution in [3.63, 3.8) is 0 Å². The highest BCUT2D eigenvalue weighted by Crippen LogP contribution is 2.50. The predicted octanol–water partition coefficient (Wildman–Crippen LogP) is 6.83. The zero-order valence-corrected chi connectivity index (χ0v) is 69.4. The molecule has 0 spiro atoms. The van der Waals surface area contributed by atoms with E-state index in [-0.39, 0.29) is 150 Å². The normalized spacial score (nSPS) is 28.1. The standard InChI is InChI=1S/C80H122N8O25S2/c1-9-62-53(3)40-60(108-62)18-21-80-46-69(96-6)76(113-80)67-45-68(112-80)75-63(110-67)15-14-59(109-75)41-57(89)42-61-64(44-65-73(81)52(2)20-26-105-65)111-66(74(61)97-7)43-58(90)47-83-77(94)106-49-54-10-12-56(13-11-54)87(78(95)107-51-79(4,5)115-114-8)25-29-100-32-35-102-34-31-99-28-24-86-48-55(84-85-86)50-104-39-38-103-37-36-101-33-30-98-27-22-82-70(91)19-23-88-71(92)16-17-72(88)93/h10-13,16-17,48,52,58-69,74-76,81,90H,3,9,14-15,18-47,49-51H2,1-2,4-8H3,(H,82,91)(H,83,94)/t52-,58+,59?,60+,61?,62?,63+,64+,65-,66-,67-,68-,69-,74-,75?,76-,80-/m1/s1. The van der Waals surface area contributed by atoms with E-state index in [1.807, 2.05) is 27.0 Å². The number of ketones is 1. The van der Waals surface area contributed by atoms with Crippen LogP contribution in [0.15, 0.2) is 54.8 Å². The number of carbonyl (C=O) groups is 6. The van der Waals surface area contributed by atoms with Gasteiger partial charge in [-0.05, 0) is 87.8 Å². The van der Waals surface area contributed by atoms with Gasteiger partial charge in [-0.3, -0.25) is 29.0 Å². The molecule has 33 nitrogen and oxygen atoms in total. The highest BCUT2D eigenvalue weighted by atomic mass is 33.1. The molecule has 17 atom stereocenters. The molecular formula is C80H122N8O25S2. The van der Waals surface area contributed by atoms with Crippen LogP contribution in [0.1, 0.15) is 129 Å². The number of aliphatic hydroxyl groups excluding tert-OH is 1. The topological polar surface area (TPSA) is 374 Å². The summed E-state index contributed by atoms with van der Waals surface area (Å²) in [6.07, 6.45) is 6.53. The van der Waals surface area contributed by atoms with Crippen molar-refractivity contribution in [3.05, 3.63) is 66.0 Å². The molecule has 115 heavy (non-hydrogen) atoms. The number of alkyl carbamates (subject to hydrolysis) is 1. The van der Waals surface area contributed by atoms with Gasteiger partial charge in [-0.15, -0.1) is 5.10 Å². The summed E-state index contributed by atoms with van der Waals surface area (Å²) in [4.78, 5) is 79.1. The molecule has 4 unspecified atom stereocenters. The van der Waals surface area contributed by atoms with Gasteiger partial charge in [0.25, 0.3) is 11.8 Å². The second-order valence-corrected chi connectivity index (χ2v) is 34.0. The van der Waals surface area contributed by atoms with Crippen LogP contribution in [0, 0.1) is 17.2 Å². The molecule has 1 aromatic heterocycles. The van der Waals surface area contributed by atoms with E-state index in [0.717, 1.165) is 36.2 Å². The Morgan fingerprint density at radius 1 is 0.774 bits per heavy atom. The van der Waals surface area contributed by atoms with Crippen molar-refractivity contribution in [1.29, 1.82) is 5.41 Å². The summed E-state index contributed by atoms with van der Waals surface area (Å²) in [7, 11) is 6.48. The van der Waals surface area contributed by atoms with Crippen LogP contribution in [0.3, 0.4) is 0 Å². The zero-order valence-electron chi connectivity index (χ0n) is 67.7. The van der Waals surface area contributed by atoms with E-state index < -0.39 is 72.3 Å². The summed E-state index contributed by atoms with van der Waals surface area (Å²) in [6, 6.07) is 6.98. The van der Waals surface area contributed by atoms with Crippen molar-refractivity contribution >= 4 is 68.7 Å². The number of imide groups is 1. The summed E-state index contributed by atoms with van der Waals surface area (Å²) in [5.74, 6) is -2.42. The first-order chi connectivity index (χ1) is 55.6. The monoisotopic (exact) mass is 1660 g/mol. The molecule has 10 rings (SSSR count). The molecule has 7 fully saturated rings. The van der Waals surface area contributed by atoms with Crippen LogP contribution in [0.5, 0.6) is 0 Å². The van der Waals surface area contributed by atoms with E-state index in [1.165, 1.54) is 17.1 Å². The zero-order chi connectivity index (χ0) is 81.7. The molecule has 0 radical (unpaired) electrons. The fourth-order valence-electron chi connectivity index (χ4n) is 15.8. The molecule has 0 saturated carbocycles. The van der Waals surface area contributed by atoms with E-state index in [1.54, 1.807) is 71.0 Å². The van der Waals surface area contributed by atoms with Crippen molar-refractivity contribution < 1.29 is 119 Å². The highest BCUT2D eigenvalue weighted by molar-refractivity contribution is 8.77. The number of amides is 5. The van der Waals surface area contributed by atoms with E-state index in [4.69, 9.17) is 90.7 Å². The van der Waals surface area contributed by atoms with Crippen molar-refractivity contribution in [2.75, 3.05) is 151 Å². The molecule has 1 aromatic carbocycles. The minimum atomic E-state index is -1.09. The maximum atomic E-state index is 14.5. The number of fused-ring (bicyclic) bond motifs is 7. The van der Waals surface area contributed by atoms with Crippen molar-refractivity contribution in [2.24, 2.45) is 11.8 Å². The van der Waals surface area contributed by atoms with Crippen molar-refractivity contribution in [1.82, 2.24) is 30.5 Å². The Morgan fingerprint density at radius 3 is 2.17 bits per heavy atom. The molecule has 4 bridgehead atoms. The Kier molecular flexibility index (Phi) is 37.3. The van der Waals surface area contributed by atoms with Crippen LogP contribution in [-0.4, -0.2) is 308 Å². The fourth-order valence-corrected chi connectivity index (χ4v) is 17.9. The number of ether oxygens (including phenoxy) is 18. The lowest BCUT2D eigenvalue weighted by molar-refractivity contribution is -0.277. The average Bonchev–Trinajstić information content (AvgIpc) is 1.59. The quantitative estimate of drug-likeness (QED) is 0.0228. The smallest absolute Gasteiger partial charge is 0.414 e. The number of nitrogens with one attached hydrogen (secondary N) is 3. The first kappa shape index (κ1) is 91.7. The van der Waals surface area contributed by atoms with E-state index in [9.17, 15) is 33.9 Å². The summed E-state index contributed by atoms with van der Waals surface area (Å²) >= 11 is 0. The largest absolute Gasteiger partial charge is 0.448 e. The number of aliphatic hydroxyl groups is 1. The molecule has 35 heteroatoms. The Morgan fingerprint density at radius 2 is 1.48 bits per heavy atom. The van der Waals surface area contributed by atoms with Gasteiger partial charge in [0.1, 0.15) is 36.9 Å². The van der Waals surface area contributed by atoms with E-state index in [2.05, 4.69) is 34.4 Å². The van der Waals surface area contributed by atoms with E-state index in [0.29, 0.717) is 154 Å². The Bertz CT molecular complexity index is 3420. The molecular weight excluding hydrogens is 1540 g/mol. The van der Waals surface area contributed by atoms with Crippen LogP contribution in [-0.2, 0) is 124 Å². The molecule has 4 N–H and O–H groups in total. The Balaban J connectivity index is 0.592. The molecule has 7 saturated heterocycles. The first-order valence-corrected chi connectivity index (χ1v) is 43.2. The lowest BCUT2D eigenvalue weighted by Gasteiger charge is -2.47. The fraction of sp³-hybridized carbons (Fsp3) is 0.762. The lowest BCUT2D eigenvalue weighted by atomic mass is 9.83. The van der Waals surface area contributed by atoms with Gasteiger partial charge in [0.05, 0.1) is 190 Å². The highest BCUT2D eigenvalue weighted by Gasteiger charge is 2.60. The molecule has 9 heterocycles. The molecule has 8 aliphatic rings. The Hall–Kier alpha value is -5.65. The number of nitrogens with zero attached hydrogens (tertiary/aromatic N) is 5. The molecule has 5 amide bonds. The van der Waals surface area contributed by atoms with Gasteiger partial charge in [-0.2, -0.15) is 0 Å². The van der Waals surface area contributed by atoms with Gasteiger partial charge in [0.15, 0.2) is 5.79 Å². The van der Waals surface area contributed by atoms with Crippen LogP contribution in [0.25, 0.3) is 0 Å². The van der Waals surface area contributed by atoms with Gasteiger partial charge in [-0.25, -0.2) is 14.3 Å². The maximum absolute atomic E-state index is 14.5. The number of carbonyl (C=O) groups excluding carboxylic acids is 6. The van der Waals surface area contributed by atoms with Gasteiger partial charge < -0.3 is 106 Å². The number of methoxy groups -OCH3 is 2. The maximum Gasteiger partial charge on any atom is 0.414 e. The number of Topliss-reactive ketones (excluding diaryl/α,β-unsaturated/α-hetero) is 1. The first-order valence-electron chi connectivity index (χ1n) is 40.6. The average molecular weight is 1660 g/mol.